The highest BCUT2D eigenvalue weighted by Crippen LogP contribution is 2.48. The van der Waals surface area contributed by atoms with Crippen LogP contribution in [0.3, 0.4) is 0 Å². The first-order chi connectivity index (χ1) is 7.65. The maximum atomic E-state index is 11.8. The first-order valence-electron chi connectivity index (χ1n) is 5.45. The summed E-state index contributed by atoms with van der Waals surface area (Å²) in [5.41, 5.74) is 0. The van der Waals surface area contributed by atoms with Crippen LogP contribution in [0, 0.1) is 23.7 Å². The van der Waals surface area contributed by atoms with Crippen molar-refractivity contribution in [2.75, 3.05) is 13.2 Å². The van der Waals surface area contributed by atoms with E-state index in [9.17, 15) is 9.59 Å². The third kappa shape index (κ3) is 1.71. The van der Waals surface area contributed by atoms with Crippen LogP contribution in [-0.4, -0.2) is 35.2 Å². The number of aliphatic carboxylic acids is 1. The smallest absolute Gasteiger partial charge is 0.307 e. The van der Waals surface area contributed by atoms with Crippen molar-refractivity contribution in [3.05, 3.63) is 12.2 Å². The Hall–Kier alpha value is -1.36. The van der Waals surface area contributed by atoms with E-state index >= 15 is 0 Å². The van der Waals surface area contributed by atoms with E-state index in [2.05, 4.69) is 5.32 Å². The van der Waals surface area contributed by atoms with E-state index in [-0.39, 0.29) is 30.9 Å². The molecular formula is C11H15NO4. The van der Waals surface area contributed by atoms with E-state index in [0.29, 0.717) is 0 Å². The number of hydrogen-bond donors (Lipinski definition) is 3. The van der Waals surface area contributed by atoms with Gasteiger partial charge in [0.1, 0.15) is 0 Å². The zero-order valence-corrected chi connectivity index (χ0v) is 8.80. The summed E-state index contributed by atoms with van der Waals surface area (Å²) in [6, 6.07) is 0. The van der Waals surface area contributed by atoms with Crippen LogP contribution in [0.2, 0.25) is 0 Å². The first-order valence-corrected chi connectivity index (χ1v) is 5.45. The number of aliphatic hydroxyl groups excluding tert-OH is 1. The molecule has 0 saturated heterocycles. The van der Waals surface area contributed by atoms with Crippen molar-refractivity contribution >= 4 is 11.9 Å². The third-order valence-corrected chi connectivity index (χ3v) is 3.46. The summed E-state index contributed by atoms with van der Waals surface area (Å²) in [4.78, 5) is 22.9. The highest BCUT2D eigenvalue weighted by atomic mass is 16.4. The number of fused-ring (bicyclic) bond motifs is 2. The Morgan fingerprint density at radius 3 is 2.44 bits per heavy atom. The van der Waals surface area contributed by atoms with Crippen LogP contribution >= 0.6 is 0 Å². The Morgan fingerprint density at radius 1 is 1.25 bits per heavy atom. The molecule has 2 rings (SSSR count). The fraction of sp³-hybridized carbons (Fsp3) is 0.636. The number of carboxylic acid groups (broad SMARTS) is 1. The molecule has 1 fully saturated rings. The predicted octanol–water partition coefficient (Wildman–Crippen LogP) is -0.382. The van der Waals surface area contributed by atoms with Crippen LogP contribution in [0.4, 0.5) is 0 Å². The zero-order chi connectivity index (χ0) is 11.7. The van der Waals surface area contributed by atoms with E-state index in [0.717, 1.165) is 6.42 Å². The molecule has 0 spiro atoms. The standard InChI is InChI=1S/C11H15NO4/c13-4-3-12-10(14)8-6-1-2-7(5-6)9(8)11(15)16/h1-2,6-9,13H,3-5H2,(H,12,14)(H,15,16)/t6-,7-,8-,9-/m0/s1. The largest absolute Gasteiger partial charge is 0.481 e. The zero-order valence-electron chi connectivity index (χ0n) is 8.80. The van der Waals surface area contributed by atoms with Gasteiger partial charge in [-0.1, -0.05) is 12.2 Å². The molecule has 5 nitrogen and oxygen atoms in total. The second kappa shape index (κ2) is 4.25. The van der Waals surface area contributed by atoms with Gasteiger partial charge in [-0.25, -0.2) is 0 Å². The summed E-state index contributed by atoms with van der Waals surface area (Å²) >= 11 is 0. The second-order valence-electron chi connectivity index (χ2n) is 4.35. The third-order valence-electron chi connectivity index (χ3n) is 3.46. The minimum absolute atomic E-state index is 0.00706. The molecule has 0 aromatic heterocycles. The molecule has 88 valence electrons. The van der Waals surface area contributed by atoms with Crippen molar-refractivity contribution in [1.82, 2.24) is 5.32 Å². The molecule has 2 aliphatic rings. The fourth-order valence-corrected chi connectivity index (χ4v) is 2.81. The van der Waals surface area contributed by atoms with Crippen LogP contribution in [-0.2, 0) is 9.59 Å². The molecule has 3 N–H and O–H groups in total. The maximum absolute atomic E-state index is 11.8. The van der Waals surface area contributed by atoms with Gasteiger partial charge in [0.2, 0.25) is 5.91 Å². The summed E-state index contributed by atoms with van der Waals surface area (Å²) < 4.78 is 0. The molecule has 0 heterocycles. The minimum Gasteiger partial charge on any atom is -0.481 e. The Labute approximate surface area is 93.1 Å². The maximum Gasteiger partial charge on any atom is 0.307 e. The average Bonchev–Trinajstić information content (AvgIpc) is 2.84. The van der Waals surface area contributed by atoms with E-state index in [1.54, 1.807) is 0 Å². The lowest BCUT2D eigenvalue weighted by Crippen LogP contribution is -2.41. The lowest BCUT2D eigenvalue weighted by molar-refractivity contribution is -0.147. The molecule has 2 aliphatic carbocycles. The summed E-state index contributed by atoms with van der Waals surface area (Å²) in [6.45, 7) is 0.0584. The van der Waals surface area contributed by atoms with E-state index < -0.39 is 17.8 Å². The van der Waals surface area contributed by atoms with Crippen LogP contribution in [0.5, 0.6) is 0 Å². The summed E-state index contributed by atoms with van der Waals surface area (Å²) in [5, 5.41) is 20.3. The number of rotatable bonds is 4. The normalized spacial score (nSPS) is 35.3. The van der Waals surface area contributed by atoms with Gasteiger partial charge in [0.25, 0.3) is 0 Å². The van der Waals surface area contributed by atoms with Gasteiger partial charge in [-0.3, -0.25) is 9.59 Å². The molecule has 0 radical (unpaired) electrons. The topological polar surface area (TPSA) is 86.6 Å². The Morgan fingerprint density at radius 2 is 1.88 bits per heavy atom. The monoisotopic (exact) mass is 225 g/mol. The van der Waals surface area contributed by atoms with Gasteiger partial charge in [-0.2, -0.15) is 0 Å². The minimum atomic E-state index is -0.902. The Kier molecular flexibility index (Phi) is 2.96. The number of aliphatic hydroxyl groups is 1. The van der Waals surface area contributed by atoms with Gasteiger partial charge in [-0.05, 0) is 18.3 Å². The molecule has 0 aromatic carbocycles. The number of carbonyl (C=O) groups is 2. The molecule has 0 aliphatic heterocycles. The molecule has 1 saturated carbocycles. The lowest BCUT2D eigenvalue weighted by Gasteiger charge is -2.23. The summed E-state index contributed by atoms with van der Waals surface area (Å²) in [7, 11) is 0. The predicted molar refractivity (Wildman–Crippen MR) is 55.4 cm³/mol. The molecule has 16 heavy (non-hydrogen) atoms. The number of carbonyl (C=O) groups excluding carboxylic acids is 1. The summed E-state index contributed by atoms with van der Waals surface area (Å²) in [6.07, 6.45) is 4.60. The second-order valence-corrected chi connectivity index (χ2v) is 4.35. The summed E-state index contributed by atoms with van der Waals surface area (Å²) in [5.74, 6) is -2.19. The Balaban J connectivity index is 2.10. The van der Waals surface area contributed by atoms with E-state index in [4.69, 9.17) is 10.2 Å². The molecule has 2 bridgehead atoms. The highest BCUT2D eigenvalue weighted by molar-refractivity contribution is 5.86. The van der Waals surface area contributed by atoms with Gasteiger partial charge >= 0.3 is 5.97 Å². The molecule has 4 atom stereocenters. The van der Waals surface area contributed by atoms with Crippen LogP contribution in [0.25, 0.3) is 0 Å². The lowest BCUT2D eigenvalue weighted by atomic mass is 9.82. The van der Waals surface area contributed by atoms with Gasteiger partial charge in [0, 0.05) is 6.54 Å². The van der Waals surface area contributed by atoms with Gasteiger partial charge in [0.15, 0.2) is 0 Å². The SMILES string of the molecule is O=C(O)[C@@H]1[C@@H](C(=O)NCCO)[C@H]2C=C[C@H]1C2. The van der Waals surface area contributed by atoms with E-state index in [1.165, 1.54) is 0 Å². The van der Waals surface area contributed by atoms with Crippen LogP contribution in [0.1, 0.15) is 6.42 Å². The molecule has 5 heteroatoms. The molecule has 0 aromatic rings. The van der Waals surface area contributed by atoms with Crippen molar-refractivity contribution in [1.29, 1.82) is 0 Å². The van der Waals surface area contributed by atoms with Gasteiger partial charge in [-0.15, -0.1) is 0 Å². The van der Waals surface area contributed by atoms with Crippen molar-refractivity contribution in [3.8, 4) is 0 Å². The van der Waals surface area contributed by atoms with Gasteiger partial charge < -0.3 is 15.5 Å². The Bertz CT molecular complexity index is 339. The molecule has 0 unspecified atom stereocenters. The first kappa shape index (κ1) is 11.1. The number of amides is 1. The number of carboxylic acids is 1. The number of nitrogens with one attached hydrogen (secondary N) is 1. The van der Waals surface area contributed by atoms with Crippen molar-refractivity contribution in [3.63, 3.8) is 0 Å². The van der Waals surface area contributed by atoms with Gasteiger partial charge in [0.05, 0.1) is 18.4 Å². The number of hydrogen-bond acceptors (Lipinski definition) is 3. The molecular weight excluding hydrogens is 210 g/mol. The van der Waals surface area contributed by atoms with Crippen molar-refractivity contribution < 1.29 is 19.8 Å². The fourth-order valence-electron chi connectivity index (χ4n) is 2.81. The average molecular weight is 225 g/mol. The quantitative estimate of drug-likeness (QED) is 0.569. The van der Waals surface area contributed by atoms with E-state index in [1.807, 2.05) is 12.2 Å². The highest BCUT2D eigenvalue weighted by Gasteiger charge is 2.51. The van der Waals surface area contributed by atoms with Crippen molar-refractivity contribution in [2.24, 2.45) is 23.7 Å². The van der Waals surface area contributed by atoms with Crippen LogP contribution < -0.4 is 5.32 Å². The van der Waals surface area contributed by atoms with Crippen LogP contribution in [0.15, 0.2) is 12.2 Å². The van der Waals surface area contributed by atoms with Crippen molar-refractivity contribution in [2.45, 2.75) is 6.42 Å². The molecule has 1 amide bonds. The number of allylic oxidation sites excluding steroid dienone is 2.